The van der Waals surface area contributed by atoms with Crippen LogP contribution in [0.4, 0.5) is 5.69 Å². The van der Waals surface area contributed by atoms with Gasteiger partial charge in [-0.2, -0.15) is 0 Å². The molecule has 0 heterocycles. The first-order valence-corrected chi connectivity index (χ1v) is 8.66. The van der Waals surface area contributed by atoms with Crippen molar-refractivity contribution in [2.45, 2.75) is 45.3 Å². The minimum absolute atomic E-state index is 0.0259. The molecular weight excluding hydrogens is 372 g/mol. The third-order valence-electron chi connectivity index (χ3n) is 4.36. The number of nitro groups is 1. The van der Waals surface area contributed by atoms with Gasteiger partial charge in [0.1, 0.15) is 12.7 Å². The lowest BCUT2D eigenvalue weighted by molar-refractivity contribution is -0.384. The van der Waals surface area contributed by atoms with Crippen LogP contribution in [0.2, 0.25) is 0 Å². The standard InChI is InChI=1S/C18H20N2O8/c1-11(21)16(17(22)23)19-28-15-8-4-13(5-9-15)18(24)27-10-12-2-6-14(7-3-12)20(25)26/h2-3,6-7,13,15H,4-5,8-10H2,1H3,(H,22,23)/b19-16+. The molecule has 0 amide bonds. The van der Waals surface area contributed by atoms with Crippen LogP contribution in [0.1, 0.15) is 38.2 Å². The second-order valence-corrected chi connectivity index (χ2v) is 6.41. The molecule has 0 atom stereocenters. The molecule has 0 aromatic heterocycles. The van der Waals surface area contributed by atoms with E-state index in [1.165, 1.54) is 24.3 Å². The molecule has 150 valence electrons. The molecular formula is C18H20N2O8. The molecule has 0 unspecified atom stereocenters. The number of carboxylic acids is 1. The van der Waals surface area contributed by atoms with Gasteiger partial charge < -0.3 is 14.7 Å². The molecule has 1 aliphatic carbocycles. The molecule has 10 nitrogen and oxygen atoms in total. The second kappa shape index (κ2) is 9.58. The first kappa shape index (κ1) is 21.0. The molecule has 0 spiro atoms. The lowest BCUT2D eigenvalue weighted by atomic mass is 9.87. The SMILES string of the molecule is CC(=O)/C(=N\OC1CCC(C(=O)OCc2ccc([N+](=O)[O-])cc2)CC1)C(=O)O. The van der Waals surface area contributed by atoms with E-state index in [9.17, 15) is 24.5 Å². The third kappa shape index (κ3) is 5.86. The zero-order valence-electron chi connectivity index (χ0n) is 15.2. The molecule has 28 heavy (non-hydrogen) atoms. The lowest BCUT2D eigenvalue weighted by Gasteiger charge is -2.25. The summed E-state index contributed by atoms with van der Waals surface area (Å²) in [7, 11) is 0. The number of nitro benzene ring substituents is 1. The van der Waals surface area contributed by atoms with Gasteiger partial charge in [0.15, 0.2) is 5.78 Å². The van der Waals surface area contributed by atoms with Crippen molar-refractivity contribution in [2.75, 3.05) is 0 Å². The van der Waals surface area contributed by atoms with Crippen molar-refractivity contribution in [3.05, 3.63) is 39.9 Å². The molecule has 0 bridgehead atoms. The van der Waals surface area contributed by atoms with E-state index in [1.54, 1.807) is 0 Å². The largest absolute Gasteiger partial charge is 0.476 e. The number of hydrogen-bond donors (Lipinski definition) is 1. The molecule has 1 aliphatic rings. The minimum Gasteiger partial charge on any atom is -0.476 e. The first-order chi connectivity index (χ1) is 13.3. The van der Waals surface area contributed by atoms with Crippen molar-refractivity contribution >= 4 is 29.1 Å². The Morgan fingerprint density at radius 3 is 2.29 bits per heavy atom. The number of carbonyl (C=O) groups excluding carboxylic acids is 2. The maximum Gasteiger partial charge on any atom is 0.361 e. The number of rotatable bonds is 8. The Labute approximate surface area is 160 Å². The topological polar surface area (TPSA) is 145 Å². The molecule has 1 saturated carbocycles. The fourth-order valence-corrected chi connectivity index (χ4v) is 2.77. The maximum atomic E-state index is 12.2. The highest BCUT2D eigenvalue weighted by molar-refractivity contribution is 6.63. The monoisotopic (exact) mass is 392 g/mol. The molecule has 1 fully saturated rings. The van der Waals surface area contributed by atoms with Crippen molar-refractivity contribution < 1.29 is 34.0 Å². The van der Waals surface area contributed by atoms with E-state index in [4.69, 9.17) is 14.7 Å². The normalized spacial score (nSPS) is 19.5. The molecule has 10 heteroatoms. The number of oxime groups is 1. The van der Waals surface area contributed by atoms with Crippen LogP contribution in [-0.4, -0.2) is 39.6 Å². The zero-order chi connectivity index (χ0) is 20.7. The van der Waals surface area contributed by atoms with E-state index in [2.05, 4.69) is 5.16 Å². The smallest absolute Gasteiger partial charge is 0.361 e. The number of nitrogens with zero attached hydrogens (tertiary/aromatic N) is 2. The van der Waals surface area contributed by atoms with E-state index >= 15 is 0 Å². The van der Waals surface area contributed by atoms with Crippen molar-refractivity contribution in [2.24, 2.45) is 11.1 Å². The summed E-state index contributed by atoms with van der Waals surface area (Å²) in [5.74, 6) is -2.82. The van der Waals surface area contributed by atoms with Crippen LogP contribution < -0.4 is 0 Å². The van der Waals surface area contributed by atoms with Crippen LogP contribution in [0.25, 0.3) is 0 Å². The summed E-state index contributed by atoms with van der Waals surface area (Å²) in [6.45, 7) is 1.12. The van der Waals surface area contributed by atoms with Gasteiger partial charge in [-0.3, -0.25) is 19.7 Å². The van der Waals surface area contributed by atoms with Gasteiger partial charge in [0.2, 0.25) is 5.71 Å². The van der Waals surface area contributed by atoms with Crippen LogP contribution in [0.15, 0.2) is 29.4 Å². The van der Waals surface area contributed by atoms with E-state index in [0.717, 1.165) is 6.92 Å². The Balaban J connectivity index is 1.78. The molecule has 2 rings (SSSR count). The summed E-state index contributed by atoms with van der Waals surface area (Å²) in [5.41, 5.74) is -0.0488. The number of carboxylic acid groups (broad SMARTS) is 1. The number of carbonyl (C=O) groups is 3. The van der Waals surface area contributed by atoms with Gasteiger partial charge in [0.25, 0.3) is 5.69 Å². The molecule has 1 N–H and O–H groups in total. The van der Waals surface area contributed by atoms with Gasteiger partial charge in [0.05, 0.1) is 10.8 Å². The Morgan fingerprint density at radius 2 is 1.79 bits per heavy atom. The Hall–Kier alpha value is -3.30. The Bertz CT molecular complexity index is 763. The van der Waals surface area contributed by atoms with Crippen molar-refractivity contribution in [1.82, 2.24) is 0 Å². The minimum atomic E-state index is -1.45. The molecule has 1 aromatic carbocycles. The van der Waals surface area contributed by atoms with Gasteiger partial charge >= 0.3 is 11.9 Å². The predicted molar refractivity (Wildman–Crippen MR) is 95.5 cm³/mol. The third-order valence-corrected chi connectivity index (χ3v) is 4.36. The summed E-state index contributed by atoms with van der Waals surface area (Å²) >= 11 is 0. The van der Waals surface area contributed by atoms with Crippen molar-refractivity contribution in [3.63, 3.8) is 0 Å². The number of benzene rings is 1. The summed E-state index contributed by atoms with van der Waals surface area (Å²) in [4.78, 5) is 49.4. The zero-order valence-corrected chi connectivity index (χ0v) is 15.2. The van der Waals surface area contributed by atoms with E-state index in [1.807, 2.05) is 0 Å². The number of non-ortho nitro benzene ring substituents is 1. The highest BCUT2D eigenvalue weighted by atomic mass is 16.6. The highest BCUT2D eigenvalue weighted by Gasteiger charge is 2.29. The van der Waals surface area contributed by atoms with Gasteiger partial charge in [-0.05, 0) is 43.4 Å². The summed E-state index contributed by atoms with van der Waals surface area (Å²) in [6, 6.07) is 5.75. The van der Waals surface area contributed by atoms with Crippen LogP contribution in [0.5, 0.6) is 0 Å². The average molecular weight is 392 g/mol. The van der Waals surface area contributed by atoms with Crippen molar-refractivity contribution in [3.8, 4) is 0 Å². The number of hydrogen-bond acceptors (Lipinski definition) is 8. The molecule has 0 saturated heterocycles. The Kier molecular flexibility index (Phi) is 7.19. The second-order valence-electron chi connectivity index (χ2n) is 6.41. The Morgan fingerprint density at radius 1 is 1.18 bits per heavy atom. The number of ether oxygens (including phenoxy) is 1. The van der Waals surface area contributed by atoms with Crippen LogP contribution >= 0.6 is 0 Å². The molecule has 0 aliphatic heterocycles. The summed E-state index contributed by atoms with van der Waals surface area (Å²) in [6.07, 6.45) is 1.56. The number of aliphatic carboxylic acids is 1. The van der Waals surface area contributed by atoms with E-state index < -0.39 is 22.4 Å². The van der Waals surface area contributed by atoms with Gasteiger partial charge in [-0.25, -0.2) is 4.79 Å². The first-order valence-electron chi connectivity index (χ1n) is 8.66. The maximum absolute atomic E-state index is 12.2. The lowest BCUT2D eigenvalue weighted by Crippen LogP contribution is -2.28. The number of esters is 1. The van der Waals surface area contributed by atoms with Crippen molar-refractivity contribution in [1.29, 1.82) is 0 Å². The van der Waals surface area contributed by atoms with Crippen LogP contribution in [0, 0.1) is 16.0 Å². The quantitative estimate of drug-likeness (QED) is 0.233. The molecule has 1 aromatic rings. The highest BCUT2D eigenvalue weighted by Crippen LogP contribution is 2.27. The summed E-state index contributed by atoms with van der Waals surface area (Å²) in [5, 5.41) is 22.9. The van der Waals surface area contributed by atoms with Gasteiger partial charge in [-0.15, -0.1) is 0 Å². The average Bonchev–Trinajstić information content (AvgIpc) is 2.66. The van der Waals surface area contributed by atoms with E-state index in [0.29, 0.717) is 31.2 Å². The van der Waals surface area contributed by atoms with Gasteiger partial charge in [0, 0.05) is 19.1 Å². The predicted octanol–water partition coefficient (Wildman–Crippen LogP) is 2.24. The van der Waals surface area contributed by atoms with Gasteiger partial charge in [-0.1, -0.05) is 5.16 Å². The van der Waals surface area contributed by atoms with Crippen LogP contribution in [0.3, 0.4) is 0 Å². The molecule has 0 radical (unpaired) electrons. The van der Waals surface area contributed by atoms with Crippen LogP contribution in [-0.2, 0) is 30.6 Å². The van der Waals surface area contributed by atoms with E-state index in [-0.39, 0.29) is 30.3 Å². The number of ketones is 1. The fourth-order valence-electron chi connectivity index (χ4n) is 2.77. The summed E-state index contributed by atoms with van der Waals surface area (Å²) < 4.78 is 5.26. The fraction of sp³-hybridized carbons (Fsp3) is 0.444. The number of Topliss-reactive ketones (excluding diaryl/α,β-unsaturated/α-hetero) is 1.